The second-order valence-electron chi connectivity index (χ2n) is 1.96. The summed E-state index contributed by atoms with van der Waals surface area (Å²) in [6, 6.07) is 0. The van der Waals surface area contributed by atoms with E-state index in [-0.39, 0.29) is 0 Å². The summed E-state index contributed by atoms with van der Waals surface area (Å²) in [6.45, 7) is -0.455. The van der Waals surface area contributed by atoms with E-state index in [2.05, 4.69) is 0 Å². The molecule has 5 N–H and O–H groups in total. The third kappa shape index (κ3) is 3.72. The monoisotopic (exact) mass is 153 g/mol. The van der Waals surface area contributed by atoms with E-state index >= 15 is 0 Å². The third-order valence-corrected chi connectivity index (χ3v) is 0.949. The summed E-state index contributed by atoms with van der Waals surface area (Å²) < 4.78 is 0. The van der Waals surface area contributed by atoms with Gasteiger partial charge in [0.05, 0.1) is 6.54 Å². The van der Waals surface area contributed by atoms with Crippen molar-refractivity contribution in [3.05, 3.63) is 0 Å². The van der Waals surface area contributed by atoms with Crippen molar-refractivity contribution in [3.8, 4) is 0 Å². The maximum absolute atomic E-state index is 8.35. The fourth-order valence-electron chi connectivity index (χ4n) is 0.367. The summed E-state index contributed by atoms with van der Waals surface area (Å²) in [5.74, 6) is 0. The Kier molecular flexibility index (Phi) is 3.16. The Morgan fingerprint density at radius 2 is 1.70 bits per heavy atom. The largest absolute Gasteiger partial charge is 0.367 e. The molecule has 0 aromatic carbocycles. The van der Waals surface area contributed by atoms with Crippen molar-refractivity contribution in [2.45, 2.75) is 12.4 Å². The standard InChI is InChI=1S/C4H11NO5/c1-5(2-3(6)7)4(8,9)10/h3,6-10H,2H2,1H3. The minimum absolute atomic E-state index is 0.455. The summed E-state index contributed by atoms with van der Waals surface area (Å²) >= 11 is 0. The molecule has 0 radical (unpaired) electrons. The first-order valence-electron chi connectivity index (χ1n) is 2.58. The maximum Gasteiger partial charge on any atom is 0.345 e. The fraction of sp³-hybridized carbons (Fsp3) is 1.00. The lowest BCUT2D eigenvalue weighted by molar-refractivity contribution is -0.393. The molecule has 0 atom stereocenters. The molecule has 0 heterocycles. The van der Waals surface area contributed by atoms with Gasteiger partial charge in [-0.1, -0.05) is 0 Å². The molecule has 0 aromatic heterocycles. The fourth-order valence-corrected chi connectivity index (χ4v) is 0.367. The number of hydrogen-bond donors (Lipinski definition) is 5. The Morgan fingerprint density at radius 3 is 1.80 bits per heavy atom. The van der Waals surface area contributed by atoms with Gasteiger partial charge in [0.25, 0.3) is 0 Å². The molecule has 0 aliphatic carbocycles. The van der Waals surface area contributed by atoms with Crippen LogP contribution < -0.4 is 0 Å². The van der Waals surface area contributed by atoms with Crippen LogP contribution in [0, 0.1) is 0 Å². The molecule has 6 nitrogen and oxygen atoms in total. The third-order valence-electron chi connectivity index (χ3n) is 0.949. The Hall–Kier alpha value is -0.240. The number of rotatable bonds is 3. The zero-order chi connectivity index (χ0) is 8.36. The number of nitrogens with zero attached hydrogens (tertiary/aromatic N) is 1. The van der Waals surface area contributed by atoms with Gasteiger partial charge in [-0.25, -0.2) is 4.90 Å². The van der Waals surface area contributed by atoms with E-state index in [1.807, 2.05) is 0 Å². The lowest BCUT2D eigenvalue weighted by Gasteiger charge is -2.26. The molecular formula is C4H11NO5. The summed E-state index contributed by atoms with van der Waals surface area (Å²) in [6.07, 6.45) is -4.71. The topological polar surface area (TPSA) is 104 Å². The minimum Gasteiger partial charge on any atom is -0.367 e. The van der Waals surface area contributed by atoms with Gasteiger partial charge in [-0.15, -0.1) is 0 Å². The van der Waals surface area contributed by atoms with Gasteiger partial charge in [0.15, 0.2) is 6.29 Å². The predicted octanol–water partition coefficient (Wildman–Crippen LogP) is -3.18. The maximum atomic E-state index is 8.35. The summed E-state index contributed by atoms with van der Waals surface area (Å²) in [4.78, 5) is 0.553. The van der Waals surface area contributed by atoms with E-state index in [4.69, 9.17) is 25.5 Å². The molecule has 0 aliphatic heterocycles. The molecule has 0 unspecified atom stereocenters. The smallest absolute Gasteiger partial charge is 0.345 e. The van der Waals surface area contributed by atoms with Crippen molar-refractivity contribution >= 4 is 0 Å². The zero-order valence-electron chi connectivity index (χ0n) is 5.47. The van der Waals surface area contributed by atoms with Gasteiger partial charge in [-0.3, -0.25) is 0 Å². The number of aliphatic hydroxyl groups is 5. The molecule has 0 bridgehead atoms. The van der Waals surface area contributed by atoms with Crippen molar-refractivity contribution in [2.24, 2.45) is 0 Å². The van der Waals surface area contributed by atoms with Gasteiger partial charge in [-0.2, -0.15) is 0 Å². The van der Waals surface area contributed by atoms with Crippen LogP contribution in [0.15, 0.2) is 0 Å². The van der Waals surface area contributed by atoms with Crippen LogP contribution in [-0.2, 0) is 0 Å². The first-order chi connectivity index (χ1) is 4.34. The van der Waals surface area contributed by atoms with Crippen LogP contribution in [0.1, 0.15) is 0 Å². The van der Waals surface area contributed by atoms with E-state index in [1.165, 1.54) is 0 Å². The highest BCUT2D eigenvalue weighted by atomic mass is 16.7. The Morgan fingerprint density at radius 1 is 1.30 bits per heavy atom. The SMILES string of the molecule is CN(CC(O)O)C(O)(O)O. The summed E-state index contributed by atoms with van der Waals surface area (Å²) in [5, 5.41) is 41.6. The number of hydrogen-bond acceptors (Lipinski definition) is 6. The Bertz CT molecular complexity index is 98.3. The molecule has 0 amide bonds. The molecule has 0 saturated carbocycles. The first kappa shape index (κ1) is 9.76. The summed E-state index contributed by atoms with van der Waals surface area (Å²) in [5.41, 5.74) is 0. The van der Waals surface area contributed by atoms with Gasteiger partial charge < -0.3 is 25.5 Å². The Labute approximate surface area is 57.6 Å². The highest BCUT2D eigenvalue weighted by molar-refractivity contribution is 4.51. The van der Waals surface area contributed by atoms with Gasteiger partial charge in [-0.05, 0) is 7.05 Å². The lowest BCUT2D eigenvalue weighted by atomic mass is 10.5. The first-order valence-corrected chi connectivity index (χ1v) is 2.58. The average Bonchev–Trinajstić information content (AvgIpc) is 1.60. The molecule has 6 heteroatoms. The Balaban J connectivity index is 3.73. The van der Waals surface area contributed by atoms with E-state index in [9.17, 15) is 0 Å². The van der Waals surface area contributed by atoms with Gasteiger partial charge in [0.2, 0.25) is 0 Å². The van der Waals surface area contributed by atoms with Gasteiger partial charge >= 0.3 is 6.10 Å². The number of aliphatic hydroxyl groups excluding tert-OH is 1. The molecule has 10 heavy (non-hydrogen) atoms. The zero-order valence-corrected chi connectivity index (χ0v) is 5.47. The van der Waals surface area contributed by atoms with E-state index in [1.54, 1.807) is 0 Å². The van der Waals surface area contributed by atoms with Crippen LogP contribution in [-0.4, -0.2) is 56.4 Å². The van der Waals surface area contributed by atoms with E-state index in [0.29, 0.717) is 4.90 Å². The quantitative estimate of drug-likeness (QED) is 0.274. The van der Waals surface area contributed by atoms with Crippen molar-refractivity contribution in [1.29, 1.82) is 0 Å². The predicted molar refractivity (Wildman–Crippen MR) is 30.2 cm³/mol. The molecule has 62 valence electrons. The van der Waals surface area contributed by atoms with Crippen LogP contribution >= 0.6 is 0 Å². The van der Waals surface area contributed by atoms with Gasteiger partial charge in [0, 0.05) is 0 Å². The number of likely N-dealkylation sites (N-methyl/N-ethyl adjacent to an activating group) is 1. The van der Waals surface area contributed by atoms with Crippen molar-refractivity contribution in [3.63, 3.8) is 0 Å². The summed E-state index contributed by atoms with van der Waals surface area (Å²) in [7, 11) is 1.11. The molecular weight excluding hydrogens is 142 g/mol. The lowest BCUT2D eigenvalue weighted by Crippen LogP contribution is -2.49. The van der Waals surface area contributed by atoms with Crippen LogP contribution in [0.5, 0.6) is 0 Å². The van der Waals surface area contributed by atoms with Crippen LogP contribution in [0.3, 0.4) is 0 Å². The normalized spacial score (nSPS) is 13.2. The second kappa shape index (κ2) is 3.24. The molecule has 0 saturated heterocycles. The van der Waals surface area contributed by atoms with Crippen LogP contribution in [0.4, 0.5) is 0 Å². The molecule has 0 aromatic rings. The molecule has 0 spiro atoms. The average molecular weight is 153 g/mol. The minimum atomic E-state index is -3.00. The van der Waals surface area contributed by atoms with Crippen LogP contribution in [0.25, 0.3) is 0 Å². The van der Waals surface area contributed by atoms with Crippen molar-refractivity contribution < 1.29 is 25.5 Å². The van der Waals surface area contributed by atoms with Crippen molar-refractivity contribution in [2.75, 3.05) is 13.6 Å². The molecule has 0 aliphatic rings. The van der Waals surface area contributed by atoms with Gasteiger partial charge in [0.1, 0.15) is 0 Å². The molecule has 0 rings (SSSR count). The van der Waals surface area contributed by atoms with Crippen molar-refractivity contribution in [1.82, 2.24) is 4.90 Å². The van der Waals surface area contributed by atoms with E-state index in [0.717, 1.165) is 7.05 Å². The highest BCUT2D eigenvalue weighted by Gasteiger charge is 2.26. The van der Waals surface area contributed by atoms with Crippen LogP contribution in [0.2, 0.25) is 0 Å². The molecule has 0 fully saturated rings. The van der Waals surface area contributed by atoms with E-state index < -0.39 is 18.9 Å². The second-order valence-corrected chi connectivity index (χ2v) is 1.96. The highest BCUT2D eigenvalue weighted by Crippen LogP contribution is 1.99.